The summed E-state index contributed by atoms with van der Waals surface area (Å²) < 4.78 is 18.4. The van der Waals surface area contributed by atoms with E-state index in [-0.39, 0.29) is 17.5 Å². The van der Waals surface area contributed by atoms with Gasteiger partial charge in [-0.05, 0) is 64.8 Å². The lowest BCUT2D eigenvalue weighted by Gasteiger charge is -2.13. The number of aromatic hydroxyl groups is 1. The molecule has 0 spiro atoms. The second-order valence-corrected chi connectivity index (χ2v) is 6.02. The highest BCUT2D eigenvalue weighted by Gasteiger charge is 2.12. The third-order valence-electron chi connectivity index (χ3n) is 3.26. The van der Waals surface area contributed by atoms with E-state index in [4.69, 9.17) is 4.74 Å². The number of methoxy groups -OCH3 is 1. The Morgan fingerprint density at radius 1 is 1.36 bits per heavy atom. The van der Waals surface area contributed by atoms with Crippen molar-refractivity contribution in [3.63, 3.8) is 0 Å². The molecule has 2 rings (SSSR count). The zero-order chi connectivity index (χ0) is 18.4. The Morgan fingerprint density at radius 3 is 2.64 bits per heavy atom. The normalized spacial score (nSPS) is 12.0. The number of phenolic OH excluding ortho intramolecular Hbond substituents is 1. The standard InChI is InChI=1S/C17H17BrFN3O3/c1-10(21-13-5-3-12(19)4-6-13)17(24)22-20-9-11-7-14(18)16(25-2)15(23)8-11/h3-10,21,23H,1-2H3,(H,22,24)/b20-9+. The Balaban J connectivity index is 1.94. The molecule has 3 N–H and O–H groups in total. The number of ether oxygens (including phenoxy) is 1. The molecule has 2 aromatic rings. The molecule has 1 unspecified atom stereocenters. The van der Waals surface area contributed by atoms with Gasteiger partial charge in [0.25, 0.3) is 5.91 Å². The van der Waals surface area contributed by atoms with Crippen LogP contribution in [0, 0.1) is 5.82 Å². The van der Waals surface area contributed by atoms with E-state index >= 15 is 0 Å². The fourth-order valence-corrected chi connectivity index (χ4v) is 2.63. The first kappa shape index (κ1) is 18.7. The van der Waals surface area contributed by atoms with Gasteiger partial charge in [0.1, 0.15) is 11.9 Å². The summed E-state index contributed by atoms with van der Waals surface area (Å²) in [4.78, 5) is 12.0. The summed E-state index contributed by atoms with van der Waals surface area (Å²) in [5.41, 5.74) is 3.59. The van der Waals surface area contributed by atoms with Crippen LogP contribution in [0.25, 0.3) is 0 Å². The molecule has 0 bridgehead atoms. The van der Waals surface area contributed by atoms with Gasteiger partial charge in [-0.25, -0.2) is 9.82 Å². The van der Waals surface area contributed by atoms with Crippen LogP contribution in [0.1, 0.15) is 12.5 Å². The lowest BCUT2D eigenvalue weighted by atomic mass is 10.2. The molecule has 0 fully saturated rings. The molecule has 0 heterocycles. The number of nitrogens with zero attached hydrogens (tertiary/aromatic N) is 1. The number of carbonyl (C=O) groups is 1. The van der Waals surface area contributed by atoms with Gasteiger partial charge < -0.3 is 15.2 Å². The van der Waals surface area contributed by atoms with Crippen molar-refractivity contribution in [1.82, 2.24) is 5.43 Å². The highest BCUT2D eigenvalue weighted by molar-refractivity contribution is 9.10. The van der Waals surface area contributed by atoms with Gasteiger partial charge in [0.05, 0.1) is 17.8 Å². The highest BCUT2D eigenvalue weighted by atomic mass is 79.9. The van der Waals surface area contributed by atoms with Crippen molar-refractivity contribution in [2.45, 2.75) is 13.0 Å². The molecule has 6 nitrogen and oxygen atoms in total. The highest BCUT2D eigenvalue weighted by Crippen LogP contribution is 2.34. The van der Waals surface area contributed by atoms with E-state index in [2.05, 4.69) is 31.8 Å². The van der Waals surface area contributed by atoms with Crippen LogP contribution in [-0.4, -0.2) is 30.4 Å². The van der Waals surface area contributed by atoms with E-state index in [0.29, 0.717) is 21.5 Å². The number of nitrogens with one attached hydrogen (secondary N) is 2. The number of halogens is 2. The number of hydrazone groups is 1. The first-order chi connectivity index (χ1) is 11.9. The van der Waals surface area contributed by atoms with Crippen molar-refractivity contribution in [3.8, 4) is 11.5 Å². The maximum absolute atomic E-state index is 12.9. The van der Waals surface area contributed by atoms with Gasteiger partial charge >= 0.3 is 0 Å². The predicted octanol–water partition coefficient (Wildman–Crippen LogP) is 3.25. The van der Waals surface area contributed by atoms with Crippen LogP contribution in [0.2, 0.25) is 0 Å². The third-order valence-corrected chi connectivity index (χ3v) is 3.85. The lowest BCUT2D eigenvalue weighted by Crippen LogP contribution is -2.34. The van der Waals surface area contributed by atoms with Gasteiger partial charge in [-0.1, -0.05) is 0 Å². The number of phenols is 1. The van der Waals surface area contributed by atoms with Crippen molar-refractivity contribution in [2.24, 2.45) is 5.10 Å². The van der Waals surface area contributed by atoms with Crippen LogP contribution >= 0.6 is 15.9 Å². The molecule has 132 valence electrons. The number of hydrogen-bond acceptors (Lipinski definition) is 5. The average molecular weight is 410 g/mol. The van der Waals surface area contributed by atoms with E-state index in [1.165, 1.54) is 31.5 Å². The molecule has 1 amide bonds. The number of anilines is 1. The van der Waals surface area contributed by atoms with Gasteiger partial charge in [-0.2, -0.15) is 5.10 Å². The first-order valence-corrected chi connectivity index (χ1v) is 8.11. The molecule has 2 aromatic carbocycles. The SMILES string of the molecule is COc1c(O)cc(/C=N/NC(=O)C(C)Nc2ccc(F)cc2)cc1Br. The molecular weight excluding hydrogens is 393 g/mol. The summed E-state index contributed by atoms with van der Waals surface area (Å²) in [5, 5.41) is 16.6. The van der Waals surface area contributed by atoms with E-state index in [1.807, 2.05) is 0 Å². The van der Waals surface area contributed by atoms with E-state index in [1.54, 1.807) is 25.1 Å². The predicted molar refractivity (Wildman–Crippen MR) is 97.6 cm³/mol. The van der Waals surface area contributed by atoms with Gasteiger partial charge in [-0.15, -0.1) is 0 Å². The zero-order valence-corrected chi connectivity index (χ0v) is 15.2. The summed E-state index contributed by atoms with van der Waals surface area (Å²) >= 11 is 3.27. The molecule has 0 aliphatic carbocycles. The smallest absolute Gasteiger partial charge is 0.262 e. The van der Waals surface area contributed by atoms with Gasteiger partial charge in [0.15, 0.2) is 11.5 Å². The Kier molecular flexibility index (Phi) is 6.35. The largest absolute Gasteiger partial charge is 0.504 e. The van der Waals surface area contributed by atoms with Crippen LogP contribution in [-0.2, 0) is 4.79 Å². The number of carbonyl (C=O) groups excluding carboxylic acids is 1. The number of amides is 1. The Bertz CT molecular complexity index is 758. The summed E-state index contributed by atoms with van der Waals surface area (Å²) in [5.74, 6) is -0.437. The molecular formula is C17H17BrFN3O3. The van der Waals surface area contributed by atoms with Crippen molar-refractivity contribution in [3.05, 3.63) is 52.3 Å². The summed E-state index contributed by atoms with van der Waals surface area (Å²) in [6.45, 7) is 1.66. The second-order valence-electron chi connectivity index (χ2n) is 5.16. The molecule has 0 aliphatic heterocycles. The van der Waals surface area contributed by atoms with Crippen molar-refractivity contribution < 1.29 is 19.0 Å². The summed E-state index contributed by atoms with van der Waals surface area (Å²) in [6.07, 6.45) is 1.40. The minimum absolute atomic E-state index is 0.0454. The quantitative estimate of drug-likeness (QED) is 0.505. The molecule has 25 heavy (non-hydrogen) atoms. The lowest BCUT2D eigenvalue weighted by molar-refractivity contribution is -0.121. The molecule has 0 radical (unpaired) electrons. The maximum Gasteiger partial charge on any atom is 0.262 e. The molecule has 0 aliphatic rings. The van der Waals surface area contributed by atoms with Crippen LogP contribution < -0.4 is 15.5 Å². The molecule has 0 saturated carbocycles. The van der Waals surface area contributed by atoms with Crippen molar-refractivity contribution in [1.29, 1.82) is 0 Å². The van der Waals surface area contributed by atoms with Gasteiger partial charge in [0, 0.05) is 5.69 Å². The third kappa shape index (κ3) is 5.18. The van der Waals surface area contributed by atoms with Crippen molar-refractivity contribution in [2.75, 3.05) is 12.4 Å². The topological polar surface area (TPSA) is 83.0 Å². The van der Waals surface area contributed by atoms with Crippen LogP contribution in [0.4, 0.5) is 10.1 Å². The minimum atomic E-state index is -0.571. The number of hydrogen-bond donors (Lipinski definition) is 3. The minimum Gasteiger partial charge on any atom is -0.504 e. The van der Waals surface area contributed by atoms with E-state index < -0.39 is 6.04 Å². The molecule has 0 aromatic heterocycles. The Morgan fingerprint density at radius 2 is 2.04 bits per heavy atom. The molecule has 1 atom stereocenters. The van der Waals surface area contributed by atoms with E-state index in [9.17, 15) is 14.3 Å². The van der Waals surface area contributed by atoms with Gasteiger partial charge in [0.2, 0.25) is 0 Å². The second kappa shape index (κ2) is 8.48. The van der Waals surface area contributed by atoms with Crippen LogP contribution in [0.5, 0.6) is 11.5 Å². The average Bonchev–Trinajstić information content (AvgIpc) is 2.56. The first-order valence-electron chi connectivity index (χ1n) is 7.32. The number of rotatable bonds is 6. The number of benzene rings is 2. The van der Waals surface area contributed by atoms with Crippen LogP contribution in [0.15, 0.2) is 46.0 Å². The van der Waals surface area contributed by atoms with Crippen LogP contribution in [0.3, 0.4) is 0 Å². The van der Waals surface area contributed by atoms with E-state index in [0.717, 1.165) is 0 Å². The fraction of sp³-hybridized carbons (Fsp3) is 0.176. The molecule has 8 heteroatoms. The van der Waals surface area contributed by atoms with Gasteiger partial charge in [-0.3, -0.25) is 4.79 Å². The fourth-order valence-electron chi connectivity index (χ4n) is 2.00. The summed E-state index contributed by atoms with van der Waals surface area (Å²) in [6, 6.07) is 8.27. The summed E-state index contributed by atoms with van der Waals surface area (Å²) in [7, 11) is 1.45. The Hall–Kier alpha value is -2.61. The Labute approximate surface area is 152 Å². The zero-order valence-electron chi connectivity index (χ0n) is 13.6. The van der Waals surface area contributed by atoms with Crippen molar-refractivity contribution >= 4 is 33.7 Å². The maximum atomic E-state index is 12.9. The monoisotopic (exact) mass is 409 g/mol. The molecule has 0 saturated heterocycles.